The first kappa shape index (κ1) is 16.1. The summed E-state index contributed by atoms with van der Waals surface area (Å²) in [5, 5.41) is 15.0. The fourth-order valence-corrected chi connectivity index (χ4v) is 1.63. The molecule has 0 aliphatic heterocycles. The molecule has 104 valence electrons. The highest BCUT2D eigenvalue weighted by atomic mass is 35.6. The number of aromatic hydroxyl groups is 1. The third-order valence-corrected chi connectivity index (χ3v) is 2.63. The van der Waals surface area contributed by atoms with Gasteiger partial charge in [0.15, 0.2) is 5.11 Å². The number of halogens is 3. The Hall–Kier alpha value is -0.950. The van der Waals surface area contributed by atoms with Gasteiger partial charge in [-0.2, -0.15) is 0 Å². The van der Waals surface area contributed by atoms with Crippen molar-refractivity contribution in [3.05, 3.63) is 23.8 Å². The lowest BCUT2D eigenvalue weighted by Crippen LogP contribution is -2.35. The number of carbonyl (C=O) groups is 1. The van der Waals surface area contributed by atoms with Crippen LogP contribution in [0.2, 0.25) is 0 Å². The summed E-state index contributed by atoms with van der Waals surface area (Å²) < 4.78 is -1.50. The van der Waals surface area contributed by atoms with Crippen molar-refractivity contribution in [1.29, 1.82) is 0 Å². The normalized spacial score (nSPS) is 10.9. The summed E-state index contributed by atoms with van der Waals surface area (Å²) >= 11 is 21.6. The molecule has 1 amide bonds. The highest BCUT2D eigenvalue weighted by Crippen LogP contribution is 2.26. The SMILES string of the molecule is NC(=O)c1c(O)cccc1NC(=S)NCC(Cl)(Cl)Cl. The number of hydrogen-bond acceptors (Lipinski definition) is 3. The van der Waals surface area contributed by atoms with Crippen LogP contribution in [0.15, 0.2) is 18.2 Å². The third kappa shape index (κ3) is 5.28. The molecule has 0 saturated carbocycles. The Bertz CT molecular complexity index is 505. The predicted octanol–water partition coefficient (Wildman–Crippen LogP) is 2.15. The largest absolute Gasteiger partial charge is 0.507 e. The van der Waals surface area contributed by atoms with Gasteiger partial charge in [-0.3, -0.25) is 4.79 Å². The molecule has 0 aliphatic carbocycles. The van der Waals surface area contributed by atoms with Crippen LogP contribution in [0.4, 0.5) is 5.69 Å². The highest BCUT2D eigenvalue weighted by Gasteiger charge is 2.20. The number of phenols is 1. The van der Waals surface area contributed by atoms with Crippen molar-refractivity contribution in [2.24, 2.45) is 5.73 Å². The second kappa shape index (κ2) is 6.47. The molecule has 0 aromatic heterocycles. The van der Waals surface area contributed by atoms with Crippen LogP contribution in [0.25, 0.3) is 0 Å². The summed E-state index contributed by atoms with van der Waals surface area (Å²) in [6.07, 6.45) is 0. The Morgan fingerprint density at radius 3 is 2.58 bits per heavy atom. The Morgan fingerprint density at radius 2 is 2.05 bits per heavy atom. The van der Waals surface area contributed by atoms with Gasteiger partial charge in [0.2, 0.25) is 3.79 Å². The van der Waals surface area contributed by atoms with E-state index in [-0.39, 0.29) is 28.7 Å². The van der Waals surface area contributed by atoms with E-state index in [1.165, 1.54) is 18.2 Å². The lowest BCUT2D eigenvalue weighted by molar-refractivity contribution is 0.0998. The number of rotatable bonds is 3. The molecular formula is C10H10Cl3N3O2S. The van der Waals surface area contributed by atoms with Gasteiger partial charge in [0, 0.05) is 0 Å². The number of nitrogens with one attached hydrogen (secondary N) is 2. The second-order valence-electron chi connectivity index (χ2n) is 3.49. The van der Waals surface area contributed by atoms with E-state index in [4.69, 9.17) is 52.8 Å². The van der Waals surface area contributed by atoms with Crippen molar-refractivity contribution >= 4 is 63.7 Å². The quantitative estimate of drug-likeness (QED) is 0.499. The Balaban J connectivity index is 2.80. The zero-order valence-corrected chi connectivity index (χ0v) is 12.5. The van der Waals surface area contributed by atoms with E-state index in [0.29, 0.717) is 0 Å². The van der Waals surface area contributed by atoms with Gasteiger partial charge >= 0.3 is 0 Å². The van der Waals surface area contributed by atoms with Gasteiger partial charge in [0.25, 0.3) is 5.91 Å². The average Bonchev–Trinajstić information content (AvgIpc) is 2.25. The molecule has 0 atom stereocenters. The summed E-state index contributed by atoms with van der Waals surface area (Å²) in [5.74, 6) is -1.04. The average molecular weight is 343 g/mol. The van der Waals surface area contributed by atoms with Crippen molar-refractivity contribution < 1.29 is 9.90 Å². The molecule has 1 aromatic rings. The van der Waals surface area contributed by atoms with Gasteiger partial charge in [0.1, 0.15) is 11.3 Å². The topological polar surface area (TPSA) is 87.4 Å². The van der Waals surface area contributed by atoms with Crippen LogP contribution < -0.4 is 16.4 Å². The van der Waals surface area contributed by atoms with E-state index >= 15 is 0 Å². The van der Waals surface area contributed by atoms with E-state index in [2.05, 4.69) is 10.6 Å². The van der Waals surface area contributed by atoms with E-state index in [1.807, 2.05) is 0 Å². The molecule has 5 N–H and O–H groups in total. The molecule has 5 nitrogen and oxygen atoms in total. The van der Waals surface area contributed by atoms with E-state index in [9.17, 15) is 9.90 Å². The van der Waals surface area contributed by atoms with Gasteiger partial charge in [-0.05, 0) is 24.4 Å². The summed E-state index contributed by atoms with van der Waals surface area (Å²) in [6.45, 7) is -0.0196. The Labute approximate surface area is 130 Å². The first-order valence-corrected chi connectivity index (χ1v) is 6.48. The number of hydrogen-bond donors (Lipinski definition) is 4. The number of nitrogens with two attached hydrogens (primary N) is 1. The van der Waals surface area contributed by atoms with E-state index in [1.54, 1.807) is 0 Å². The maximum absolute atomic E-state index is 11.2. The Kier molecular flexibility index (Phi) is 5.49. The lowest BCUT2D eigenvalue weighted by Gasteiger charge is -2.16. The van der Waals surface area contributed by atoms with Crippen LogP contribution in [0.5, 0.6) is 5.75 Å². The first-order valence-electron chi connectivity index (χ1n) is 4.94. The molecule has 19 heavy (non-hydrogen) atoms. The number of thiocarbonyl (C=S) groups is 1. The van der Waals surface area contributed by atoms with Crippen LogP contribution in [0, 0.1) is 0 Å². The molecule has 1 rings (SSSR count). The van der Waals surface area contributed by atoms with Crippen LogP contribution in [0.1, 0.15) is 10.4 Å². The molecule has 0 aliphatic rings. The summed E-state index contributed by atoms with van der Waals surface area (Å²) in [7, 11) is 0. The van der Waals surface area contributed by atoms with Crippen molar-refractivity contribution in [2.45, 2.75) is 3.79 Å². The van der Waals surface area contributed by atoms with Crippen LogP contribution in [0.3, 0.4) is 0 Å². The monoisotopic (exact) mass is 341 g/mol. The Morgan fingerprint density at radius 1 is 1.42 bits per heavy atom. The van der Waals surface area contributed by atoms with Crippen LogP contribution in [-0.4, -0.2) is 26.5 Å². The molecule has 9 heteroatoms. The van der Waals surface area contributed by atoms with Crippen molar-refractivity contribution in [1.82, 2.24) is 5.32 Å². The van der Waals surface area contributed by atoms with Crippen LogP contribution in [-0.2, 0) is 0 Å². The number of primary amides is 1. The molecule has 0 spiro atoms. The number of amides is 1. The number of benzene rings is 1. The van der Waals surface area contributed by atoms with Gasteiger partial charge in [-0.25, -0.2) is 0 Å². The summed E-state index contributed by atoms with van der Waals surface area (Å²) in [4.78, 5) is 11.2. The van der Waals surface area contributed by atoms with Gasteiger partial charge in [-0.1, -0.05) is 40.9 Å². The zero-order valence-electron chi connectivity index (χ0n) is 9.41. The summed E-state index contributed by atoms with van der Waals surface area (Å²) in [6, 6.07) is 4.40. The molecule has 1 aromatic carbocycles. The second-order valence-corrected chi connectivity index (χ2v) is 6.41. The molecule has 0 heterocycles. The maximum Gasteiger partial charge on any atom is 0.254 e. The third-order valence-electron chi connectivity index (χ3n) is 1.99. The standard InChI is InChI=1S/C10H10Cl3N3O2S/c11-10(12,13)4-15-9(19)16-5-2-1-3-6(17)7(5)8(14)18/h1-3,17H,4H2,(H2,14,18)(H2,15,16,19). The molecule has 0 saturated heterocycles. The highest BCUT2D eigenvalue weighted by molar-refractivity contribution is 7.80. The number of anilines is 1. The minimum atomic E-state index is -1.50. The fraction of sp³-hybridized carbons (Fsp3) is 0.200. The smallest absolute Gasteiger partial charge is 0.254 e. The zero-order chi connectivity index (χ0) is 14.6. The minimum Gasteiger partial charge on any atom is -0.507 e. The van der Waals surface area contributed by atoms with E-state index < -0.39 is 9.70 Å². The van der Waals surface area contributed by atoms with Crippen molar-refractivity contribution in [3.8, 4) is 5.75 Å². The maximum atomic E-state index is 11.2. The lowest BCUT2D eigenvalue weighted by atomic mass is 10.1. The number of alkyl halides is 3. The molecule has 0 bridgehead atoms. The summed E-state index contributed by atoms with van der Waals surface area (Å²) in [5.41, 5.74) is 5.36. The van der Waals surface area contributed by atoms with Crippen molar-refractivity contribution in [3.63, 3.8) is 0 Å². The number of carbonyl (C=O) groups excluding carboxylic acids is 1. The fourth-order valence-electron chi connectivity index (χ4n) is 1.25. The predicted molar refractivity (Wildman–Crippen MR) is 81.1 cm³/mol. The van der Waals surface area contributed by atoms with E-state index in [0.717, 1.165) is 0 Å². The van der Waals surface area contributed by atoms with Gasteiger partial charge < -0.3 is 21.5 Å². The van der Waals surface area contributed by atoms with Crippen LogP contribution >= 0.6 is 47.0 Å². The van der Waals surface area contributed by atoms with Crippen molar-refractivity contribution in [2.75, 3.05) is 11.9 Å². The minimum absolute atomic E-state index is 0.0196. The molecule has 0 unspecified atom stereocenters. The molecule has 0 fully saturated rings. The van der Waals surface area contributed by atoms with Gasteiger partial charge in [-0.15, -0.1) is 0 Å². The molecule has 0 radical (unpaired) electrons. The molecular weight excluding hydrogens is 333 g/mol. The van der Waals surface area contributed by atoms with Gasteiger partial charge in [0.05, 0.1) is 12.2 Å². The first-order chi connectivity index (χ1) is 8.70.